The standard InChI is InChI=1S/C39H52N4O10S/c1-27-35(54-26-41-27)30-12-10-28(11-13-30)21-40-37(47)32-20-31(44)22-43(32)38(48)36(39(2,3)4)42-33(45)24-51-18-16-49-14-15-50-17-19-52-25-34(46)53-23-29-8-6-5-7-9-29/h5-13,26,31-32,36,44H,14-25H2,1-4H3,(H,40,47)(H,42,45)/t31-,32+,36-/m1/s1. The first-order valence-corrected chi connectivity index (χ1v) is 18.9. The number of aromatic nitrogens is 1. The monoisotopic (exact) mass is 768 g/mol. The fourth-order valence-electron chi connectivity index (χ4n) is 5.64. The van der Waals surface area contributed by atoms with E-state index >= 15 is 0 Å². The summed E-state index contributed by atoms with van der Waals surface area (Å²) in [7, 11) is 0. The van der Waals surface area contributed by atoms with Crippen LogP contribution >= 0.6 is 11.3 Å². The quantitative estimate of drug-likeness (QED) is 0.107. The molecule has 1 aliphatic rings. The number of aliphatic hydroxyl groups excluding tert-OH is 1. The Morgan fingerprint density at radius 3 is 2.13 bits per heavy atom. The molecule has 1 saturated heterocycles. The van der Waals surface area contributed by atoms with Gasteiger partial charge in [0.15, 0.2) is 0 Å². The highest BCUT2D eigenvalue weighted by molar-refractivity contribution is 7.13. The molecule has 4 rings (SSSR count). The summed E-state index contributed by atoms with van der Waals surface area (Å²) in [4.78, 5) is 58.5. The lowest BCUT2D eigenvalue weighted by Gasteiger charge is -2.35. The average Bonchev–Trinajstić information content (AvgIpc) is 3.77. The molecule has 294 valence electrons. The number of hydrogen-bond acceptors (Lipinski definition) is 12. The number of hydrogen-bond donors (Lipinski definition) is 3. The topological polar surface area (TPSA) is 175 Å². The molecule has 3 amide bonds. The summed E-state index contributed by atoms with van der Waals surface area (Å²) < 4.78 is 26.8. The van der Waals surface area contributed by atoms with Crippen molar-refractivity contribution >= 4 is 35.0 Å². The minimum absolute atomic E-state index is 0.0172. The van der Waals surface area contributed by atoms with E-state index in [1.54, 1.807) is 11.3 Å². The zero-order valence-corrected chi connectivity index (χ0v) is 32.2. The molecule has 3 N–H and O–H groups in total. The number of likely N-dealkylation sites (tertiary alicyclic amines) is 1. The van der Waals surface area contributed by atoms with Gasteiger partial charge in [-0.15, -0.1) is 11.3 Å². The van der Waals surface area contributed by atoms with Crippen LogP contribution in [0.15, 0.2) is 60.1 Å². The molecule has 0 spiro atoms. The second-order valence-electron chi connectivity index (χ2n) is 13.9. The Morgan fingerprint density at radius 1 is 0.889 bits per heavy atom. The molecule has 2 aromatic carbocycles. The van der Waals surface area contributed by atoms with E-state index in [1.807, 2.05) is 87.8 Å². The molecule has 3 atom stereocenters. The van der Waals surface area contributed by atoms with Crippen LogP contribution in [0.2, 0.25) is 0 Å². The van der Waals surface area contributed by atoms with Gasteiger partial charge in [-0.25, -0.2) is 9.78 Å². The van der Waals surface area contributed by atoms with Crippen LogP contribution < -0.4 is 10.6 Å². The molecule has 0 unspecified atom stereocenters. The smallest absolute Gasteiger partial charge is 0.332 e. The van der Waals surface area contributed by atoms with Gasteiger partial charge in [-0.05, 0) is 29.0 Å². The number of esters is 1. The third-order valence-corrected chi connectivity index (χ3v) is 9.50. The number of benzene rings is 2. The molecule has 14 nitrogen and oxygen atoms in total. The number of carbonyl (C=O) groups excluding carboxylic acids is 4. The van der Waals surface area contributed by atoms with Gasteiger partial charge in [0.05, 0.1) is 61.8 Å². The van der Waals surface area contributed by atoms with E-state index in [0.29, 0.717) is 13.2 Å². The Balaban J connectivity index is 1.10. The fourth-order valence-corrected chi connectivity index (χ4v) is 6.45. The second-order valence-corrected chi connectivity index (χ2v) is 14.8. The molecular formula is C39H52N4O10S. The van der Waals surface area contributed by atoms with Crippen molar-refractivity contribution in [1.82, 2.24) is 20.5 Å². The number of amides is 3. The lowest BCUT2D eigenvalue weighted by molar-refractivity contribution is -0.150. The summed E-state index contributed by atoms with van der Waals surface area (Å²) in [6.45, 7) is 8.88. The molecule has 0 bridgehead atoms. The largest absolute Gasteiger partial charge is 0.459 e. The molecule has 0 saturated carbocycles. The maximum Gasteiger partial charge on any atom is 0.332 e. The third-order valence-electron chi connectivity index (χ3n) is 8.52. The van der Waals surface area contributed by atoms with Crippen LogP contribution in [0, 0.1) is 12.3 Å². The van der Waals surface area contributed by atoms with Crippen LogP contribution in [0.25, 0.3) is 10.4 Å². The van der Waals surface area contributed by atoms with Crippen LogP contribution in [-0.4, -0.2) is 116 Å². The minimum atomic E-state index is -0.964. The number of nitrogens with zero attached hydrogens (tertiary/aromatic N) is 2. The van der Waals surface area contributed by atoms with Gasteiger partial charge < -0.3 is 44.3 Å². The van der Waals surface area contributed by atoms with Crippen molar-refractivity contribution < 1.29 is 48.0 Å². The highest BCUT2D eigenvalue weighted by Crippen LogP contribution is 2.28. The van der Waals surface area contributed by atoms with Crippen LogP contribution in [0.1, 0.15) is 44.0 Å². The number of aryl methyl sites for hydroxylation is 1. The van der Waals surface area contributed by atoms with Gasteiger partial charge in [-0.3, -0.25) is 14.4 Å². The van der Waals surface area contributed by atoms with E-state index in [4.69, 9.17) is 23.7 Å². The van der Waals surface area contributed by atoms with E-state index in [-0.39, 0.29) is 71.7 Å². The van der Waals surface area contributed by atoms with Crippen molar-refractivity contribution in [1.29, 1.82) is 0 Å². The van der Waals surface area contributed by atoms with E-state index in [9.17, 15) is 24.3 Å². The zero-order chi connectivity index (χ0) is 38.9. The first-order chi connectivity index (χ1) is 25.9. The summed E-state index contributed by atoms with van der Waals surface area (Å²) >= 11 is 1.57. The van der Waals surface area contributed by atoms with E-state index in [1.165, 1.54) is 4.90 Å². The van der Waals surface area contributed by atoms with Crippen LogP contribution in [-0.2, 0) is 56.0 Å². The average molecular weight is 769 g/mol. The predicted octanol–water partition coefficient (Wildman–Crippen LogP) is 3.04. The molecule has 0 radical (unpaired) electrons. The number of rotatable bonds is 21. The highest BCUT2D eigenvalue weighted by atomic mass is 32.1. The van der Waals surface area contributed by atoms with Crippen molar-refractivity contribution in [3.63, 3.8) is 0 Å². The minimum Gasteiger partial charge on any atom is -0.459 e. The predicted molar refractivity (Wildman–Crippen MR) is 201 cm³/mol. The number of aliphatic hydroxyl groups is 1. The Morgan fingerprint density at radius 2 is 1.52 bits per heavy atom. The van der Waals surface area contributed by atoms with Crippen molar-refractivity contribution in [3.05, 3.63) is 76.9 Å². The van der Waals surface area contributed by atoms with Crippen LogP contribution in [0.3, 0.4) is 0 Å². The third kappa shape index (κ3) is 13.9. The van der Waals surface area contributed by atoms with Crippen molar-refractivity contribution in [2.45, 2.75) is 65.5 Å². The van der Waals surface area contributed by atoms with E-state index in [2.05, 4.69) is 15.6 Å². The van der Waals surface area contributed by atoms with Crippen LogP contribution in [0.5, 0.6) is 0 Å². The lowest BCUT2D eigenvalue weighted by atomic mass is 9.85. The molecule has 2 heterocycles. The molecule has 3 aromatic rings. The summed E-state index contributed by atoms with van der Waals surface area (Å²) in [5.41, 5.74) is 4.92. The summed E-state index contributed by atoms with van der Waals surface area (Å²) in [6, 6.07) is 15.4. The molecule has 0 aliphatic carbocycles. The number of thiazole rings is 1. The first-order valence-electron chi connectivity index (χ1n) is 18.0. The Labute approximate surface area is 320 Å². The maximum absolute atomic E-state index is 13.8. The maximum atomic E-state index is 13.8. The van der Waals surface area contributed by atoms with Gasteiger partial charge in [0.25, 0.3) is 0 Å². The first kappa shape index (κ1) is 42.5. The van der Waals surface area contributed by atoms with Crippen molar-refractivity contribution in [2.24, 2.45) is 5.41 Å². The van der Waals surface area contributed by atoms with E-state index in [0.717, 1.165) is 27.3 Å². The zero-order valence-electron chi connectivity index (χ0n) is 31.4. The summed E-state index contributed by atoms with van der Waals surface area (Å²) in [5.74, 6) is -1.77. The van der Waals surface area contributed by atoms with Crippen molar-refractivity contribution in [2.75, 3.05) is 59.4 Å². The number of nitrogens with one attached hydrogen (secondary N) is 2. The number of carbonyl (C=O) groups is 4. The highest BCUT2D eigenvalue weighted by Gasteiger charge is 2.44. The molecule has 1 aliphatic heterocycles. The SMILES string of the molecule is Cc1ncsc1-c1ccc(CNC(=O)[C@@H]2C[C@@H](O)CN2C(=O)[C@@H](NC(=O)COCCOCCOCCOCC(=O)OCc2ccccc2)C(C)(C)C)cc1. The molecule has 15 heteroatoms. The number of β-amino-alcohol motifs (C(OH)–C–C–N with tert-alkyl or cyclic N) is 1. The molecule has 1 fully saturated rings. The van der Waals surface area contributed by atoms with Gasteiger partial charge in [0.1, 0.15) is 31.9 Å². The van der Waals surface area contributed by atoms with Gasteiger partial charge in [0, 0.05) is 19.5 Å². The summed E-state index contributed by atoms with van der Waals surface area (Å²) in [5, 5.41) is 16.1. The number of ether oxygens (including phenoxy) is 5. The summed E-state index contributed by atoms with van der Waals surface area (Å²) in [6.07, 6.45) is -0.772. The van der Waals surface area contributed by atoms with Gasteiger partial charge in [-0.2, -0.15) is 0 Å². The Hall–Kier alpha value is -4.25. The second kappa shape index (κ2) is 21.6. The van der Waals surface area contributed by atoms with Gasteiger partial charge >= 0.3 is 5.97 Å². The Kier molecular flexibility index (Phi) is 17.0. The van der Waals surface area contributed by atoms with E-state index < -0.39 is 41.4 Å². The fraction of sp³-hybridized carbons (Fsp3) is 0.513. The Bertz CT molecular complexity index is 1630. The van der Waals surface area contributed by atoms with Crippen LogP contribution in [0.4, 0.5) is 0 Å². The molecule has 1 aromatic heterocycles. The molecular weight excluding hydrogens is 717 g/mol. The normalized spacial score (nSPS) is 16.2. The molecule has 54 heavy (non-hydrogen) atoms. The van der Waals surface area contributed by atoms with Gasteiger partial charge in [0.2, 0.25) is 17.7 Å². The lowest BCUT2D eigenvalue weighted by Crippen LogP contribution is -2.58. The van der Waals surface area contributed by atoms with Gasteiger partial charge in [-0.1, -0.05) is 75.4 Å². The van der Waals surface area contributed by atoms with Crippen molar-refractivity contribution in [3.8, 4) is 10.4 Å².